The van der Waals surface area contributed by atoms with E-state index in [1.165, 1.54) is 0 Å². The van der Waals surface area contributed by atoms with Crippen LogP contribution in [-0.4, -0.2) is 35.7 Å². The molecule has 0 aromatic carbocycles. The lowest BCUT2D eigenvalue weighted by Crippen LogP contribution is -2.37. The molecule has 0 aliphatic carbocycles. The Hall–Kier alpha value is -0.530. The topological polar surface area (TPSA) is 26.3 Å². The van der Waals surface area contributed by atoms with Gasteiger partial charge in [-0.3, -0.25) is 4.79 Å². The highest BCUT2D eigenvalue weighted by molar-refractivity contribution is 8.00. The van der Waals surface area contributed by atoms with Gasteiger partial charge in [0.2, 0.25) is 0 Å². The Kier molecular flexibility index (Phi) is 6.94. The van der Waals surface area contributed by atoms with Crippen molar-refractivity contribution in [2.75, 3.05) is 12.4 Å². The van der Waals surface area contributed by atoms with Crippen LogP contribution in [0.4, 0.5) is 22.0 Å². The summed E-state index contributed by atoms with van der Waals surface area (Å²) in [5, 5.41) is -0.700. The van der Waals surface area contributed by atoms with E-state index >= 15 is 0 Å². The molecule has 0 fully saturated rings. The molecule has 0 spiro atoms. The molecular weight excluding hydrogens is 279 g/mol. The summed E-state index contributed by atoms with van der Waals surface area (Å²) >= 11 is 0.758. The molecule has 2 nitrogen and oxygen atoms in total. The molecule has 8 heteroatoms. The fraction of sp³-hybridized carbons (Fsp3) is 0.900. The third-order valence-corrected chi connectivity index (χ3v) is 3.44. The van der Waals surface area contributed by atoms with Gasteiger partial charge in [0.05, 0.1) is 6.61 Å². The summed E-state index contributed by atoms with van der Waals surface area (Å²) in [5.41, 5.74) is 0. The van der Waals surface area contributed by atoms with Crippen molar-refractivity contribution in [2.45, 2.75) is 44.0 Å². The van der Waals surface area contributed by atoms with Gasteiger partial charge in [-0.2, -0.15) is 22.0 Å². The van der Waals surface area contributed by atoms with E-state index in [0.717, 1.165) is 11.8 Å². The van der Waals surface area contributed by atoms with Crippen molar-refractivity contribution < 1.29 is 31.5 Å². The van der Waals surface area contributed by atoms with Gasteiger partial charge >= 0.3 is 18.1 Å². The van der Waals surface area contributed by atoms with Crippen LogP contribution in [0.2, 0.25) is 0 Å². The quantitative estimate of drug-likeness (QED) is 0.529. The van der Waals surface area contributed by atoms with E-state index < -0.39 is 35.5 Å². The van der Waals surface area contributed by atoms with Crippen LogP contribution in [0.3, 0.4) is 0 Å². The van der Waals surface area contributed by atoms with Crippen LogP contribution in [-0.2, 0) is 9.53 Å². The van der Waals surface area contributed by atoms with Gasteiger partial charge in [0, 0.05) is 12.2 Å². The second-order valence-corrected chi connectivity index (χ2v) is 4.78. The van der Waals surface area contributed by atoms with Crippen molar-refractivity contribution in [2.24, 2.45) is 0 Å². The molecule has 0 radical (unpaired) electrons. The first-order valence-corrected chi connectivity index (χ1v) is 6.43. The van der Waals surface area contributed by atoms with Crippen molar-refractivity contribution >= 4 is 17.7 Å². The van der Waals surface area contributed by atoms with Gasteiger partial charge in [-0.25, -0.2) is 0 Å². The maximum Gasteiger partial charge on any atom is 0.453 e. The van der Waals surface area contributed by atoms with Crippen molar-refractivity contribution in [1.29, 1.82) is 0 Å². The van der Waals surface area contributed by atoms with Gasteiger partial charge in [0.15, 0.2) is 0 Å². The first-order chi connectivity index (χ1) is 8.15. The van der Waals surface area contributed by atoms with Crippen molar-refractivity contribution in [3.05, 3.63) is 0 Å². The van der Waals surface area contributed by atoms with E-state index in [1.54, 1.807) is 13.8 Å². The van der Waals surface area contributed by atoms with Gasteiger partial charge in [-0.1, -0.05) is 6.92 Å². The van der Waals surface area contributed by atoms with Crippen LogP contribution in [0.15, 0.2) is 0 Å². The molecule has 0 rings (SSSR count). The van der Waals surface area contributed by atoms with Crippen molar-refractivity contribution in [3.8, 4) is 0 Å². The summed E-state index contributed by atoms with van der Waals surface area (Å²) in [6.45, 7) is 3.37. The smallest absolute Gasteiger partial charge is 0.453 e. The molecule has 1 atom stereocenters. The minimum Gasteiger partial charge on any atom is -0.465 e. The molecule has 0 aromatic heterocycles. The predicted molar refractivity (Wildman–Crippen MR) is 58.8 cm³/mol. The average molecular weight is 294 g/mol. The monoisotopic (exact) mass is 294 g/mol. The average Bonchev–Trinajstić information content (AvgIpc) is 2.23. The highest BCUT2D eigenvalue weighted by atomic mass is 32.2. The Morgan fingerprint density at radius 2 is 1.78 bits per heavy atom. The fourth-order valence-electron chi connectivity index (χ4n) is 1.06. The highest BCUT2D eigenvalue weighted by Gasteiger charge is 2.56. The number of esters is 1. The molecule has 0 N–H and O–H groups in total. The lowest BCUT2D eigenvalue weighted by Gasteiger charge is -2.20. The summed E-state index contributed by atoms with van der Waals surface area (Å²) in [6.07, 6.45) is -6.56. The van der Waals surface area contributed by atoms with E-state index in [2.05, 4.69) is 4.74 Å². The van der Waals surface area contributed by atoms with Crippen LogP contribution in [0, 0.1) is 0 Å². The summed E-state index contributed by atoms with van der Waals surface area (Å²) in [5.74, 6) is -5.75. The zero-order valence-electron chi connectivity index (χ0n) is 10.0. The Bertz CT molecular complexity index is 267. The number of carbonyl (C=O) groups is 1. The molecule has 1 unspecified atom stereocenters. The fourth-order valence-corrected chi connectivity index (χ4v) is 2.16. The van der Waals surface area contributed by atoms with E-state index in [-0.39, 0.29) is 6.61 Å². The zero-order chi connectivity index (χ0) is 14.4. The van der Waals surface area contributed by atoms with Crippen LogP contribution in [0.5, 0.6) is 0 Å². The Morgan fingerprint density at radius 1 is 1.22 bits per heavy atom. The van der Waals surface area contributed by atoms with Crippen LogP contribution >= 0.6 is 11.8 Å². The first-order valence-electron chi connectivity index (χ1n) is 5.38. The number of hydrogen-bond acceptors (Lipinski definition) is 3. The van der Waals surface area contributed by atoms with Gasteiger partial charge in [0.25, 0.3) is 0 Å². The molecule has 18 heavy (non-hydrogen) atoms. The van der Waals surface area contributed by atoms with Crippen molar-refractivity contribution in [3.63, 3.8) is 0 Å². The van der Waals surface area contributed by atoms with Gasteiger partial charge in [0.1, 0.15) is 5.25 Å². The molecule has 0 bridgehead atoms. The zero-order valence-corrected chi connectivity index (χ0v) is 10.8. The van der Waals surface area contributed by atoms with E-state index in [1.807, 2.05) is 0 Å². The number of thioether (sulfide) groups is 1. The number of carbonyl (C=O) groups excluding carboxylic acids is 1. The molecule has 0 amide bonds. The Morgan fingerprint density at radius 3 is 2.17 bits per heavy atom. The molecule has 0 aromatic rings. The van der Waals surface area contributed by atoms with Gasteiger partial charge in [-0.05, 0) is 13.3 Å². The first kappa shape index (κ1) is 17.5. The van der Waals surface area contributed by atoms with E-state index in [4.69, 9.17) is 0 Å². The maximum absolute atomic E-state index is 12.6. The summed E-state index contributed by atoms with van der Waals surface area (Å²) in [4.78, 5) is 11.3. The molecular formula is C10H15F5O2S. The Labute approximate surface area is 106 Å². The third-order valence-electron chi connectivity index (χ3n) is 2.07. The van der Waals surface area contributed by atoms with Crippen LogP contribution in [0.25, 0.3) is 0 Å². The van der Waals surface area contributed by atoms with Gasteiger partial charge < -0.3 is 4.74 Å². The Balaban J connectivity index is 4.20. The minimum absolute atomic E-state index is 0.147. The van der Waals surface area contributed by atoms with E-state index in [9.17, 15) is 26.7 Å². The number of rotatable bonds is 7. The molecule has 108 valence electrons. The standard InChI is InChI=1S/C10H15F5O2S/c1-3-7(8(16)17-4-2)18-6-5-9(11,12)10(13,14)15/h7H,3-6H2,1-2H3. The SMILES string of the molecule is CCOC(=O)C(CC)SCCC(F)(F)C(F)(F)F. The maximum atomic E-state index is 12.6. The second-order valence-electron chi connectivity index (χ2n) is 3.47. The molecule has 0 saturated carbocycles. The number of halogens is 5. The lowest BCUT2D eigenvalue weighted by atomic mass is 10.2. The summed E-state index contributed by atoms with van der Waals surface area (Å²) in [7, 11) is 0. The second kappa shape index (κ2) is 7.16. The summed E-state index contributed by atoms with van der Waals surface area (Å²) < 4.78 is 65.4. The minimum atomic E-state index is -5.54. The molecule has 0 aliphatic rings. The van der Waals surface area contributed by atoms with Gasteiger partial charge in [-0.15, -0.1) is 11.8 Å². The number of hydrogen-bond donors (Lipinski definition) is 0. The molecule has 0 heterocycles. The number of ether oxygens (including phenoxy) is 1. The van der Waals surface area contributed by atoms with E-state index in [0.29, 0.717) is 6.42 Å². The third kappa shape index (κ3) is 5.41. The largest absolute Gasteiger partial charge is 0.465 e. The van der Waals surface area contributed by atoms with Crippen LogP contribution < -0.4 is 0 Å². The predicted octanol–water partition coefficient (Wildman–Crippen LogP) is 3.65. The summed E-state index contributed by atoms with van der Waals surface area (Å²) in [6, 6.07) is 0. The lowest BCUT2D eigenvalue weighted by molar-refractivity contribution is -0.282. The van der Waals surface area contributed by atoms with Crippen LogP contribution in [0.1, 0.15) is 26.7 Å². The molecule has 0 aliphatic heterocycles. The highest BCUT2D eigenvalue weighted by Crippen LogP contribution is 2.39. The van der Waals surface area contributed by atoms with Crippen molar-refractivity contribution in [1.82, 2.24) is 0 Å². The molecule has 0 saturated heterocycles. The number of alkyl halides is 5. The normalized spacial score (nSPS) is 14.4.